The molecule has 0 saturated carbocycles. The summed E-state index contributed by atoms with van der Waals surface area (Å²) in [5.74, 6) is 0.815. The Bertz CT molecular complexity index is 403. The van der Waals surface area contributed by atoms with Gasteiger partial charge in [-0.3, -0.25) is 0 Å². The van der Waals surface area contributed by atoms with Gasteiger partial charge in [-0.05, 0) is 24.6 Å². The van der Waals surface area contributed by atoms with Gasteiger partial charge in [-0.2, -0.15) is 0 Å². The molecule has 0 aliphatic heterocycles. The van der Waals surface area contributed by atoms with Crippen LogP contribution in [0.25, 0.3) is 11.1 Å². The Morgan fingerprint density at radius 1 is 1.42 bits per heavy atom. The fourth-order valence-corrected chi connectivity index (χ4v) is 1.23. The SMILES string of the molecule is CCc1nc2ccc(C)cc2o1. The van der Waals surface area contributed by atoms with Crippen molar-refractivity contribution in [1.29, 1.82) is 0 Å². The van der Waals surface area contributed by atoms with Crippen LogP contribution in [0, 0.1) is 6.92 Å². The van der Waals surface area contributed by atoms with Crippen molar-refractivity contribution in [2.24, 2.45) is 0 Å². The molecule has 0 atom stereocenters. The quantitative estimate of drug-likeness (QED) is 0.642. The highest BCUT2D eigenvalue weighted by atomic mass is 16.3. The Morgan fingerprint density at radius 2 is 2.25 bits per heavy atom. The molecule has 2 nitrogen and oxygen atoms in total. The van der Waals surface area contributed by atoms with Crippen molar-refractivity contribution in [3.8, 4) is 0 Å². The summed E-state index contributed by atoms with van der Waals surface area (Å²) < 4.78 is 5.49. The number of hydrogen-bond acceptors (Lipinski definition) is 2. The normalized spacial score (nSPS) is 10.8. The molecule has 1 heterocycles. The molecular formula is C10H11NO. The maximum atomic E-state index is 5.49. The fraction of sp³-hybridized carbons (Fsp3) is 0.300. The molecule has 0 aliphatic carbocycles. The van der Waals surface area contributed by atoms with E-state index < -0.39 is 0 Å². The van der Waals surface area contributed by atoms with Gasteiger partial charge in [0.05, 0.1) is 0 Å². The molecule has 0 amide bonds. The number of hydrogen-bond donors (Lipinski definition) is 0. The second-order valence-corrected chi connectivity index (χ2v) is 2.93. The molecule has 0 bridgehead atoms. The van der Waals surface area contributed by atoms with E-state index >= 15 is 0 Å². The molecule has 2 aromatic rings. The van der Waals surface area contributed by atoms with Crippen LogP contribution in [-0.2, 0) is 6.42 Å². The second kappa shape index (κ2) is 2.63. The molecular weight excluding hydrogens is 150 g/mol. The standard InChI is InChI=1S/C10H11NO/c1-3-10-11-8-5-4-7(2)6-9(8)12-10/h4-6H,3H2,1-2H3. The largest absolute Gasteiger partial charge is 0.441 e. The summed E-state index contributed by atoms with van der Waals surface area (Å²) >= 11 is 0. The van der Waals surface area contributed by atoms with E-state index in [4.69, 9.17) is 4.42 Å². The van der Waals surface area contributed by atoms with E-state index in [0.29, 0.717) is 0 Å². The first-order valence-corrected chi connectivity index (χ1v) is 4.15. The van der Waals surface area contributed by atoms with Crippen LogP contribution >= 0.6 is 0 Å². The topological polar surface area (TPSA) is 26.0 Å². The molecule has 2 rings (SSSR count). The van der Waals surface area contributed by atoms with Crippen molar-refractivity contribution >= 4 is 11.1 Å². The minimum atomic E-state index is 0.815. The van der Waals surface area contributed by atoms with Gasteiger partial charge in [0.25, 0.3) is 0 Å². The smallest absolute Gasteiger partial charge is 0.195 e. The van der Waals surface area contributed by atoms with Crippen LogP contribution in [0.15, 0.2) is 22.6 Å². The summed E-state index contributed by atoms with van der Waals surface area (Å²) in [4.78, 5) is 4.31. The minimum Gasteiger partial charge on any atom is -0.441 e. The fourth-order valence-electron chi connectivity index (χ4n) is 1.23. The van der Waals surface area contributed by atoms with Gasteiger partial charge in [0, 0.05) is 6.42 Å². The van der Waals surface area contributed by atoms with Crippen LogP contribution in [0.3, 0.4) is 0 Å². The summed E-state index contributed by atoms with van der Waals surface area (Å²) in [7, 11) is 0. The molecule has 0 fully saturated rings. The van der Waals surface area contributed by atoms with Crippen molar-refractivity contribution in [3.05, 3.63) is 29.7 Å². The van der Waals surface area contributed by atoms with E-state index in [2.05, 4.69) is 4.98 Å². The first kappa shape index (κ1) is 7.35. The zero-order valence-electron chi connectivity index (χ0n) is 7.29. The Morgan fingerprint density at radius 3 is 3.00 bits per heavy atom. The highest BCUT2D eigenvalue weighted by Crippen LogP contribution is 2.16. The van der Waals surface area contributed by atoms with Gasteiger partial charge in [-0.15, -0.1) is 0 Å². The summed E-state index contributed by atoms with van der Waals surface area (Å²) in [5.41, 5.74) is 3.06. The molecule has 0 aliphatic rings. The van der Waals surface area contributed by atoms with E-state index in [0.717, 1.165) is 23.4 Å². The molecule has 2 heteroatoms. The van der Waals surface area contributed by atoms with Gasteiger partial charge in [-0.1, -0.05) is 13.0 Å². The van der Waals surface area contributed by atoms with Crippen molar-refractivity contribution < 1.29 is 4.42 Å². The number of rotatable bonds is 1. The lowest BCUT2D eigenvalue weighted by atomic mass is 10.2. The Labute approximate surface area is 71.2 Å². The molecule has 0 unspecified atom stereocenters. The Kier molecular flexibility index (Phi) is 1.61. The van der Waals surface area contributed by atoms with Crippen LogP contribution in [-0.4, -0.2) is 4.98 Å². The predicted molar refractivity (Wildman–Crippen MR) is 48.1 cm³/mol. The first-order valence-electron chi connectivity index (χ1n) is 4.15. The van der Waals surface area contributed by atoms with E-state index in [1.54, 1.807) is 0 Å². The summed E-state index contributed by atoms with van der Waals surface area (Å²) in [6, 6.07) is 6.05. The summed E-state index contributed by atoms with van der Waals surface area (Å²) in [6.45, 7) is 4.09. The molecule has 62 valence electrons. The Balaban J connectivity index is 2.67. The van der Waals surface area contributed by atoms with Gasteiger partial charge in [0.1, 0.15) is 5.52 Å². The number of aryl methyl sites for hydroxylation is 2. The van der Waals surface area contributed by atoms with Crippen molar-refractivity contribution in [1.82, 2.24) is 4.98 Å². The van der Waals surface area contributed by atoms with E-state index in [1.165, 1.54) is 5.56 Å². The maximum absolute atomic E-state index is 5.49. The maximum Gasteiger partial charge on any atom is 0.195 e. The number of fused-ring (bicyclic) bond motifs is 1. The summed E-state index contributed by atoms with van der Waals surface area (Å²) in [5, 5.41) is 0. The molecule has 0 radical (unpaired) electrons. The Hall–Kier alpha value is -1.31. The van der Waals surface area contributed by atoms with Crippen LogP contribution in [0.4, 0.5) is 0 Å². The van der Waals surface area contributed by atoms with Crippen molar-refractivity contribution in [2.45, 2.75) is 20.3 Å². The van der Waals surface area contributed by atoms with Gasteiger partial charge in [0.15, 0.2) is 11.5 Å². The monoisotopic (exact) mass is 161 g/mol. The number of aromatic nitrogens is 1. The number of nitrogens with zero attached hydrogens (tertiary/aromatic N) is 1. The zero-order chi connectivity index (χ0) is 8.55. The third-order valence-electron chi connectivity index (χ3n) is 1.89. The number of benzene rings is 1. The van der Waals surface area contributed by atoms with E-state index in [1.807, 2.05) is 32.0 Å². The van der Waals surface area contributed by atoms with Gasteiger partial charge in [-0.25, -0.2) is 4.98 Å². The van der Waals surface area contributed by atoms with E-state index in [-0.39, 0.29) is 0 Å². The zero-order valence-corrected chi connectivity index (χ0v) is 7.29. The van der Waals surface area contributed by atoms with Crippen molar-refractivity contribution in [2.75, 3.05) is 0 Å². The average Bonchev–Trinajstić information content (AvgIpc) is 2.46. The molecule has 1 aromatic carbocycles. The molecule has 0 saturated heterocycles. The molecule has 0 N–H and O–H groups in total. The predicted octanol–water partition coefficient (Wildman–Crippen LogP) is 2.70. The lowest BCUT2D eigenvalue weighted by Crippen LogP contribution is -1.75. The van der Waals surface area contributed by atoms with Gasteiger partial charge < -0.3 is 4.42 Å². The van der Waals surface area contributed by atoms with Crippen LogP contribution in [0.2, 0.25) is 0 Å². The second-order valence-electron chi connectivity index (χ2n) is 2.93. The minimum absolute atomic E-state index is 0.815. The molecule has 0 spiro atoms. The third-order valence-corrected chi connectivity index (χ3v) is 1.89. The third kappa shape index (κ3) is 1.09. The highest BCUT2D eigenvalue weighted by molar-refractivity contribution is 5.73. The first-order chi connectivity index (χ1) is 5.79. The molecule has 1 aromatic heterocycles. The lowest BCUT2D eigenvalue weighted by molar-refractivity contribution is 0.538. The van der Waals surface area contributed by atoms with Crippen LogP contribution in [0.5, 0.6) is 0 Å². The number of oxazole rings is 1. The highest BCUT2D eigenvalue weighted by Gasteiger charge is 2.02. The van der Waals surface area contributed by atoms with Crippen LogP contribution in [0.1, 0.15) is 18.4 Å². The summed E-state index contributed by atoms with van der Waals surface area (Å²) in [6.07, 6.45) is 0.855. The van der Waals surface area contributed by atoms with Crippen molar-refractivity contribution in [3.63, 3.8) is 0 Å². The lowest BCUT2D eigenvalue weighted by Gasteiger charge is -1.87. The molecule has 12 heavy (non-hydrogen) atoms. The van der Waals surface area contributed by atoms with E-state index in [9.17, 15) is 0 Å². The van der Waals surface area contributed by atoms with Gasteiger partial charge in [0.2, 0.25) is 0 Å². The average molecular weight is 161 g/mol. The van der Waals surface area contributed by atoms with Gasteiger partial charge >= 0.3 is 0 Å². The van der Waals surface area contributed by atoms with Crippen LogP contribution < -0.4 is 0 Å².